The predicted octanol–water partition coefficient (Wildman–Crippen LogP) is 1.50. The van der Waals surface area contributed by atoms with Gasteiger partial charge >= 0.3 is 11.9 Å². The van der Waals surface area contributed by atoms with Gasteiger partial charge in [-0.15, -0.1) is 0 Å². The second-order valence-electron chi connectivity index (χ2n) is 3.57. The van der Waals surface area contributed by atoms with Gasteiger partial charge in [0.25, 0.3) is 0 Å². The van der Waals surface area contributed by atoms with Crippen LogP contribution < -0.4 is 0 Å². The third kappa shape index (κ3) is 2.34. The van der Waals surface area contributed by atoms with Crippen LogP contribution in [-0.2, 0) is 15.0 Å². The quantitative estimate of drug-likeness (QED) is 0.786. The molecule has 0 bridgehead atoms. The SMILES string of the molecule is CC(CC(=O)O)(C(=O)O)c1ccccc1. The van der Waals surface area contributed by atoms with E-state index in [0.29, 0.717) is 5.56 Å². The first-order valence-electron chi connectivity index (χ1n) is 4.47. The number of hydrogen-bond donors (Lipinski definition) is 2. The van der Waals surface area contributed by atoms with Crippen LogP contribution in [0.5, 0.6) is 0 Å². The Bertz CT molecular complexity index is 371. The third-order valence-corrected chi connectivity index (χ3v) is 2.39. The van der Waals surface area contributed by atoms with Crippen molar-refractivity contribution < 1.29 is 19.8 Å². The highest BCUT2D eigenvalue weighted by Crippen LogP contribution is 2.27. The van der Waals surface area contributed by atoms with Crippen LogP contribution in [0.2, 0.25) is 0 Å². The van der Waals surface area contributed by atoms with Crippen molar-refractivity contribution in [3.05, 3.63) is 35.9 Å². The van der Waals surface area contributed by atoms with Crippen molar-refractivity contribution in [1.29, 1.82) is 0 Å². The van der Waals surface area contributed by atoms with E-state index in [0.717, 1.165) is 0 Å². The van der Waals surface area contributed by atoms with Crippen molar-refractivity contribution in [1.82, 2.24) is 0 Å². The second kappa shape index (κ2) is 4.13. The first-order valence-corrected chi connectivity index (χ1v) is 4.47. The molecule has 0 aliphatic heterocycles. The van der Waals surface area contributed by atoms with Crippen molar-refractivity contribution in [2.24, 2.45) is 0 Å². The Morgan fingerprint density at radius 1 is 1.20 bits per heavy atom. The van der Waals surface area contributed by atoms with Gasteiger partial charge in [0.15, 0.2) is 0 Å². The molecule has 0 amide bonds. The molecule has 4 nitrogen and oxygen atoms in total. The minimum Gasteiger partial charge on any atom is -0.481 e. The fourth-order valence-corrected chi connectivity index (χ4v) is 1.41. The van der Waals surface area contributed by atoms with Crippen molar-refractivity contribution in [3.8, 4) is 0 Å². The Labute approximate surface area is 87.2 Å². The average molecular weight is 208 g/mol. The molecule has 80 valence electrons. The summed E-state index contributed by atoms with van der Waals surface area (Å²) in [5, 5.41) is 17.8. The summed E-state index contributed by atoms with van der Waals surface area (Å²) in [4.78, 5) is 21.7. The van der Waals surface area contributed by atoms with E-state index >= 15 is 0 Å². The molecule has 0 saturated heterocycles. The Morgan fingerprint density at radius 2 is 1.73 bits per heavy atom. The maximum Gasteiger partial charge on any atom is 0.314 e. The third-order valence-electron chi connectivity index (χ3n) is 2.39. The molecule has 0 radical (unpaired) electrons. The largest absolute Gasteiger partial charge is 0.481 e. The number of carbonyl (C=O) groups is 2. The summed E-state index contributed by atoms with van der Waals surface area (Å²) < 4.78 is 0. The maximum absolute atomic E-state index is 11.1. The Kier molecular flexibility index (Phi) is 3.09. The fraction of sp³-hybridized carbons (Fsp3) is 0.273. The highest BCUT2D eigenvalue weighted by molar-refractivity contribution is 5.86. The minimum absolute atomic E-state index is 0.424. The topological polar surface area (TPSA) is 74.6 Å². The van der Waals surface area contributed by atoms with E-state index in [-0.39, 0.29) is 0 Å². The van der Waals surface area contributed by atoms with Gasteiger partial charge in [0, 0.05) is 0 Å². The van der Waals surface area contributed by atoms with Crippen molar-refractivity contribution in [2.75, 3.05) is 0 Å². The summed E-state index contributed by atoms with van der Waals surface area (Å²) in [6, 6.07) is 8.39. The standard InChI is InChI=1S/C11H12O4/c1-11(10(14)15,7-9(12)13)8-5-3-2-4-6-8/h2-6H,7H2,1H3,(H,12,13)(H,14,15). The summed E-state index contributed by atoms with van der Waals surface area (Å²) >= 11 is 0. The van der Waals surface area contributed by atoms with Gasteiger partial charge in [0.05, 0.1) is 6.42 Å². The molecular formula is C11H12O4. The number of benzene rings is 1. The molecule has 0 spiro atoms. The normalized spacial score (nSPS) is 14.2. The molecule has 1 rings (SSSR count). The zero-order chi connectivity index (χ0) is 11.5. The van der Waals surface area contributed by atoms with Crippen LogP contribution in [0.25, 0.3) is 0 Å². The molecule has 0 heterocycles. The van der Waals surface area contributed by atoms with Crippen molar-refractivity contribution in [2.45, 2.75) is 18.8 Å². The highest BCUT2D eigenvalue weighted by Gasteiger charge is 2.37. The summed E-state index contributed by atoms with van der Waals surface area (Å²) in [5.41, 5.74) is -0.868. The Morgan fingerprint density at radius 3 is 2.13 bits per heavy atom. The molecule has 0 aliphatic rings. The molecule has 0 aromatic heterocycles. The van der Waals surface area contributed by atoms with Gasteiger partial charge in [-0.3, -0.25) is 9.59 Å². The van der Waals surface area contributed by atoms with Crippen LogP contribution in [0, 0.1) is 0 Å². The Hall–Kier alpha value is -1.84. The lowest BCUT2D eigenvalue weighted by Crippen LogP contribution is -2.34. The molecule has 1 atom stereocenters. The van der Waals surface area contributed by atoms with E-state index in [9.17, 15) is 9.59 Å². The Balaban J connectivity index is 3.13. The van der Waals surface area contributed by atoms with Gasteiger partial charge in [0.2, 0.25) is 0 Å². The smallest absolute Gasteiger partial charge is 0.314 e. The van der Waals surface area contributed by atoms with Gasteiger partial charge in [-0.1, -0.05) is 30.3 Å². The predicted molar refractivity (Wildman–Crippen MR) is 53.7 cm³/mol. The van der Waals surface area contributed by atoms with E-state index in [4.69, 9.17) is 10.2 Å². The van der Waals surface area contributed by atoms with Crippen LogP contribution in [0.3, 0.4) is 0 Å². The van der Waals surface area contributed by atoms with Crippen LogP contribution in [0.4, 0.5) is 0 Å². The number of carboxylic acids is 2. The molecule has 2 N–H and O–H groups in total. The number of rotatable bonds is 4. The maximum atomic E-state index is 11.1. The molecule has 1 aromatic carbocycles. The van der Waals surface area contributed by atoms with E-state index in [1.807, 2.05) is 0 Å². The zero-order valence-corrected chi connectivity index (χ0v) is 8.30. The molecule has 1 aromatic rings. The summed E-state index contributed by atoms with van der Waals surface area (Å²) in [7, 11) is 0. The molecule has 4 heteroatoms. The number of aliphatic carboxylic acids is 2. The zero-order valence-electron chi connectivity index (χ0n) is 8.30. The molecule has 0 saturated carbocycles. The molecule has 0 fully saturated rings. The number of carboxylic acid groups (broad SMARTS) is 2. The van der Waals surface area contributed by atoms with E-state index in [2.05, 4.69) is 0 Å². The molecular weight excluding hydrogens is 196 g/mol. The first-order chi connectivity index (χ1) is 6.97. The van der Waals surface area contributed by atoms with Gasteiger partial charge in [0.1, 0.15) is 5.41 Å². The summed E-state index contributed by atoms with van der Waals surface area (Å²) in [6.07, 6.45) is -0.424. The van der Waals surface area contributed by atoms with Gasteiger partial charge in [-0.2, -0.15) is 0 Å². The van der Waals surface area contributed by atoms with E-state index in [1.165, 1.54) is 6.92 Å². The van der Waals surface area contributed by atoms with Gasteiger partial charge in [-0.05, 0) is 12.5 Å². The lowest BCUT2D eigenvalue weighted by atomic mass is 9.79. The van der Waals surface area contributed by atoms with Crippen LogP contribution in [-0.4, -0.2) is 22.2 Å². The minimum atomic E-state index is -1.37. The summed E-state index contributed by atoms with van der Waals surface area (Å²) in [5.74, 6) is -2.25. The van der Waals surface area contributed by atoms with Gasteiger partial charge in [-0.25, -0.2) is 0 Å². The van der Waals surface area contributed by atoms with Crippen LogP contribution >= 0.6 is 0 Å². The molecule has 15 heavy (non-hydrogen) atoms. The molecule has 0 aliphatic carbocycles. The molecule has 1 unspecified atom stereocenters. The van der Waals surface area contributed by atoms with Crippen LogP contribution in [0.1, 0.15) is 18.9 Å². The fourth-order valence-electron chi connectivity index (χ4n) is 1.41. The van der Waals surface area contributed by atoms with E-state index < -0.39 is 23.8 Å². The number of hydrogen-bond acceptors (Lipinski definition) is 2. The lowest BCUT2D eigenvalue weighted by molar-refractivity contribution is -0.149. The van der Waals surface area contributed by atoms with E-state index in [1.54, 1.807) is 30.3 Å². The van der Waals surface area contributed by atoms with Crippen molar-refractivity contribution >= 4 is 11.9 Å². The van der Waals surface area contributed by atoms with Crippen molar-refractivity contribution in [3.63, 3.8) is 0 Å². The van der Waals surface area contributed by atoms with Crippen LogP contribution in [0.15, 0.2) is 30.3 Å². The lowest BCUT2D eigenvalue weighted by Gasteiger charge is -2.23. The highest BCUT2D eigenvalue weighted by atomic mass is 16.4. The summed E-state index contributed by atoms with van der Waals surface area (Å²) in [6.45, 7) is 1.42. The second-order valence-corrected chi connectivity index (χ2v) is 3.57. The van der Waals surface area contributed by atoms with Gasteiger partial charge < -0.3 is 10.2 Å². The average Bonchev–Trinajstić information content (AvgIpc) is 2.17. The monoisotopic (exact) mass is 208 g/mol. The first kappa shape index (κ1) is 11.2.